The van der Waals surface area contributed by atoms with E-state index in [1.807, 2.05) is 35.2 Å². The van der Waals surface area contributed by atoms with Crippen LogP contribution in [0.15, 0.2) is 46.2 Å². The fourth-order valence-electron chi connectivity index (χ4n) is 4.50. The molecule has 1 fully saturated rings. The second kappa shape index (κ2) is 10.5. The molecule has 1 N–H and O–H groups in total. The van der Waals surface area contributed by atoms with E-state index in [2.05, 4.69) is 9.88 Å². The zero-order chi connectivity index (χ0) is 26.0. The number of para-hydroxylation sites is 1. The van der Waals surface area contributed by atoms with Crippen molar-refractivity contribution in [2.24, 2.45) is 14.1 Å². The monoisotopic (exact) mass is 520 g/mol. The van der Waals surface area contributed by atoms with Gasteiger partial charge in [-0.05, 0) is 25.5 Å². The van der Waals surface area contributed by atoms with E-state index in [4.69, 9.17) is 4.18 Å². The van der Waals surface area contributed by atoms with Crippen LogP contribution in [0.5, 0.6) is 0 Å². The van der Waals surface area contributed by atoms with Gasteiger partial charge < -0.3 is 14.6 Å². The van der Waals surface area contributed by atoms with Crippen molar-refractivity contribution in [3.05, 3.63) is 57.5 Å². The van der Waals surface area contributed by atoms with Gasteiger partial charge in [0.15, 0.2) is 17.4 Å². The summed E-state index contributed by atoms with van der Waals surface area (Å²) in [6.45, 7) is 4.17. The molecule has 0 amide bonds. The molecule has 1 aliphatic rings. The Labute approximate surface area is 209 Å². The fourth-order valence-corrected chi connectivity index (χ4v) is 5.66. The Balaban J connectivity index is 1.38. The average Bonchev–Trinajstić information content (AvgIpc) is 3.29. The molecule has 0 bridgehead atoms. The highest BCUT2D eigenvalue weighted by molar-refractivity contribution is 7.86. The summed E-state index contributed by atoms with van der Waals surface area (Å²) >= 11 is 0. The molecule has 196 valence electrons. The van der Waals surface area contributed by atoms with Crippen LogP contribution in [0.1, 0.15) is 13.3 Å². The molecule has 3 aromatic rings. The van der Waals surface area contributed by atoms with Crippen LogP contribution in [-0.2, 0) is 34.9 Å². The van der Waals surface area contributed by atoms with Crippen molar-refractivity contribution in [1.82, 2.24) is 23.6 Å². The maximum atomic E-state index is 12.8. The van der Waals surface area contributed by atoms with E-state index in [1.54, 1.807) is 4.57 Å². The molecule has 0 aliphatic carbocycles. The topological polar surface area (TPSA) is 132 Å². The Kier molecular flexibility index (Phi) is 7.64. The number of rotatable bonds is 9. The lowest BCUT2D eigenvalue weighted by molar-refractivity contribution is -0.0566. The predicted octanol–water partition coefficient (Wildman–Crippen LogP) is -0.301. The van der Waals surface area contributed by atoms with Crippen molar-refractivity contribution in [3.63, 3.8) is 0 Å². The quantitative estimate of drug-likeness (QED) is 0.378. The summed E-state index contributed by atoms with van der Waals surface area (Å²) in [6, 6.07) is 9.96. The van der Waals surface area contributed by atoms with Crippen LogP contribution >= 0.6 is 0 Å². The summed E-state index contributed by atoms with van der Waals surface area (Å²) in [4.78, 5) is 32.8. The van der Waals surface area contributed by atoms with E-state index in [1.165, 1.54) is 31.9 Å². The van der Waals surface area contributed by atoms with Crippen LogP contribution < -0.4 is 16.1 Å². The molecule has 1 aromatic carbocycles. The summed E-state index contributed by atoms with van der Waals surface area (Å²) in [5.74, 6) is -0.300. The predicted molar refractivity (Wildman–Crippen MR) is 135 cm³/mol. The molecule has 12 nitrogen and oxygen atoms in total. The largest absolute Gasteiger partial charge is 0.389 e. The van der Waals surface area contributed by atoms with Crippen LogP contribution in [0.25, 0.3) is 11.2 Å². The highest BCUT2D eigenvalue weighted by Crippen LogP contribution is 2.19. The first kappa shape index (κ1) is 26.1. The van der Waals surface area contributed by atoms with E-state index in [9.17, 15) is 23.1 Å². The molecule has 0 saturated carbocycles. The molecule has 1 aliphatic heterocycles. The number of nitrogens with zero attached hydrogens (tertiary/aromatic N) is 6. The second-order valence-corrected chi connectivity index (χ2v) is 10.7. The molecular formula is C23H32N6O6S. The Bertz CT molecular complexity index is 1420. The number of anilines is 1. The lowest BCUT2D eigenvalue weighted by Crippen LogP contribution is -2.54. The molecule has 0 spiro atoms. The fraction of sp³-hybridized carbons (Fsp3) is 0.522. The Morgan fingerprint density at radius 2 is 1.72 bits per heavy atom. The van der Waals surface area contributed by atoms with Crippen molar-refractivity contribution < 1.29 is 17.7 Å². The van der Waals surface area contributed by atoms with Crippen molar-refractivity contribution >= 4 is 27.0 Å². The van der Waals surface area contributed by atoms with Gasteiger partial charge in [-0.1, -0.05) is 18.2 Å². The average molecular weight is 521 g/mol. The lowest BCUT2D eigenvalue weighted by atomic mass is 10.2. The van der Waals surface area contributed by atoms with Gasteiger partial charge in [0.05, 0.1) is 18.2 Å². The minimum Gasteiger partial charge on any atom is -0.389 e. The molecule has 3 heterocycles. The van der Waals surface area contributed by atoms with Crippen LogP contribution in [0.2, 0.25) is 0 Å². The van der Waals surface area contributed by atoms with Gasteiger partial charge in [0.25, 0.3) is 15.7 Å². The molecule has 2 atom stereocenters. The Morgan fingerprint density at radius 1 is 1.06 bits per heavy atom. The third kappa shape index (κ3) is 5.38. The summed E-state index contributed by atoms with van der Waals surface area (Å²) < 4.78 is 34.8. The summed E-state index contributed by atoms with van der Waals surface area (Å²) in [5, 5.41) is 10.3. The van der Waals surface area contributed by atoms with Crippen molar-refractivity contribution in [1.29, 1.82) is 0 Å². The van der Waals surface area contributed by atoms with Gasteiger partial charge in [-0.3, -0.25) is 18.8 Å². The number of benzene rings is 1. The Hall–Kier alpha value is -3.00. The van der Waals surface area contributed by atoms with Crippen LogP contribution in [-0.4, -0.2) is 81.4 Å². The molecule has 4 rings (SSSR count). The van der Waals surface area contributed by atoms with Crippen molar-refractivity contribution in [3.8, 4) is 0 Å². The van der Waals surface area contributed by atoms with E-state index >= 15 is 0 Å². The Morgan fingerprint density at radius 3 is 2.36 bits per heavy atom. The van der Waals surface area contributed by atoms with Crippen LogP contribution in [0.4, 0.5) is 5.69 Å². The lowest BCUT2D eigenvalue weighted by Gasteiger charge is -2.40. The van der Waals surface area contributed by atoms with Crippen LogP contribution in [0, 0.1) is 0 Å². The molecule has 0 radical (unpaired) electrons. The first-order valence-corrected chi connectivity index (χ1v) is 13.4. The van der Waals surface area contributed by atoms with Gasteiger partial charge in [0.1, 0.15) is 0 Å². The van der Waals surface area contributed by atoms with Gasteiger partial charge in [-0.2, -0.15) is 8.42 Å². The number of aliphatic hydroxyl groups excluding tert-OH is 1. The highest BCUT2D eigenvalue weighted by Gasteiger charge is 2.32. The summed E-state index contributed by atoms with van der Waals surface area (Å²) in [6.07, 6.45) is -0.411. The van der Waals surface area contributed by atoms with Gasteiger partial charge in [0, 0.05) is 52.5 Å². The number of hydrogen-bond donors (Lipinski definition) is 1. The third-order valence-corrected chi connectivity index (χ3v) is 7.74. The van der Waals surface area contributed by atoms with E-state index in [-0.39, 0.29) is 29.9 Å². The molecular weight excluding hydrogens is 488 g/mol. The van der Waals surface area contributed by atoms with Crippen molar-refractivity contribution in [2.45, 2.75) is 32.2 Å². The minimum atomic E-state index is -3.97. The third-order valence-electron chi connectivity index (χ3n) is 6.46. The summed E-state index contributed by atoms with van der Waals surface area (Å²) in [7, 11) is -1.06. The molecule has 36 heavy (non-hydrogen) atoms. The number of aliphatic hydroxyl groups is 1. The normalized spacial score (nSPS) is 16.9. The second-order valence-electron chi connectivity index (χ2n) is 9.02. The zero-order valence-electron chi connectivity index (χ0n) is 20.6. The molecule has 2 unspecified atom stereocenters. The maximum Gasteiger partial charge on any atom is 0.332 e. The van der Waals surface area contributed by atoms with E-state index < -0.39 is 33.7 Å². The first-order chi connectivity index (χ1) is 17.1. The first-order valence-electron chi connectivity index (χ1n) is 11.8. The SMILES string of the molecule is CC(O)C(OS(=O)(=O)CCCn1cnc2c1c(=O)n(C)c(=O)n2C)N1CCN(c2ccccc2)CC1. The molecule has 2 aromatic heterocycles. The maximum absolute atomic E-state index is 12.8. The standard InChI is InChI=1S/C23H32N6O6S/c1-17(30)22(28-13-11-27(12-14-28)18-8-5-4-6-9-18)35-36(33,34)15-7-10-29-16-24-20-19(29)21(31)26(3)23(32)25(20)2/h4-6,8-9,16-17,22,30H,7,10-15H2,1-3H3. The number of piperazine rings is 1. The molecule has 1 saturated heterocycles. The van der Waals surface area contributed by atoms with Gasteiger partial charge >= 0.3 is 5.69 Å². The van der Waals surface area contributed by atoms with Crippen molar-refractivity contribution in [2.75, 3.05) is 36.8 Å². The van der Waals surface area contributed by atoms with Gasteiger partial charge in [-0.25, -0.2) is 14.0 Å². The number of imidazole rings is 1. The number of aromatic nitrogens is 4. The molecule has 13 heteroatoms. The van der Waals surface area contributed by atoms with E-state index in [0.29, 0.717) is 26.2 Å². The number of fused-ring (bicyclic) bond motifs is 1. The number of hydrogen-bond acceptors (Lipinski definition) is 9. The summed E-state index contributed by atoms with van der Waals surface area (Å²) in [5.41, 5.74) is 0.597. The van der Waals surface area contributed by atoms with Crippen LogP contribution in [0.3, 0.4) is 0 Å². The minimum absolute atomic E-state index is 0.161. The smallest absolute Gasteiger partial charge is 0.332 e. The van der Waals surface area contributed by atoms with E-state index in [0.717, 1.165) is 10.3 Å². The highest BCUT2D eigenvalue weighted by atomic mass is 32.2. The number of aryl methyl sites for hydroxylation is 2. The van der Waals surface area contributed by atoms with Gasteiger partial charge in [-0.15, -0.1) is 0 Å². The zero-order valence-corrected chi connectivity index (χ0v) is 21.5. The van der Waals surface area contributed by atoms with Gasteiger partial charge in [0.2, 0.25) is 0 Å².